The van der Waals surface area contributed by atoms with E-state index in [2.05, 4.69) is 93.4 Å². The number of ether oxygens (including phenoxy) is 5. The van der Waals surface area contributed by atoms with Crippen LogP contribution in [-0.2, 0) is 32.9 Å². The van der Waals surface area contributed by atoms with Gasteiger partial charge in [0.2, 0.25) is 5.91 Å². The predicted octanol–water partition coefficient (Wildman–Crippen LogP) is 6.12. The van der Waals surface area contributed by atoms with Crippen LogP contribution in [0, 0.1) is 11.8 Å². The van der Waals surface area contributed by atoms with E-state index in [0.29, 0.717) is 19.4 Å². The van der Waals surface area contributed by atoms with Gasteiger partial charge in [-0.3, -0.25) is 4.79 Å². The van der Waals surface area contributed by atoms with E-state index in [9.17, 15) is 4.79 Å². The minimum absolute atomic E-state index is 0.0928. The second-order valence-electron chi connectivity index (χ2n) is 14.1. The number of methoxy groups -OCH3 is 2. The first-order valence-electron chi connectivity index (χ1n) is 17.5. The third kappa shape index (κ3) is 11.6. The summed E-state index contributed by atoms with van der Waals surface area (Å²) in [4.78, 5) is 14.1. The van der Waals surface area contributed by atoms with Crippen molar-refractivity contribution in [3.63, 3.8) is 0 Å². The first kappa shape index (κ1) is 40.6. The Bertz CT molecular complexity index is 1320. The monoisotopic (exact) mass is 693 g/mol. The van der Waals surface area contributed by atoms with Gasteiger partial charge in [-0.25, -0.2) is 0 Å². The Kier molecular flexibility index (Phi) is 16.2. The number of hydrogen-bond acceptors (Lipinski definition) is 7. The largest absolute Gasteiger partial charge is 0.395 e. The lowest BCUT2D eigenvalue weighted by atomic mass is 9.99. The summed E-state index contributed by atoms with van der Waals surface area (Å²) in [7, 11) is 0.329. The molecule has 1 amide bonds. The minimum Gasteiger partial charge on any atom is -0.395 e. The van der Waals surface area contributed by atoms with E-state index in [1.54, 1.807) is 14.2 Å². The summed E-state index contributed by atoms with van der Waals surface area (Å²) in [5.41, 5.74) is 1.10. The van der Waals surface area contributed by atoms with Gasteiger partial charge < -0.3 is 33.4 Å². The van der Waals surface area contributed by atoms with E-state index in [-0.39, 0.29) is 42.6 Å². The van der Waals surface area contributed by atoms with Crippen LogP contribution in [0.15, 0.2) is 72.3 Å². The van der Waals surface area contributed by atoms with Crippen molar-refractivity contribution in [1.29, 1.82) is 0 Å². The Morgan fingerprint density at radius 3 is 2.14 bits per heavy atom. The molecule has 0 unspecified atom stereocenters. The van der Waals surface area contributed by atoms with Crippen LogP contribution in [0.3, 0.4) is 0 Å². The van der Waals surface area contributed by atoms with Crippen molar-refractivity contribution in [1.82, 2.24) is 5.32 Å². The topological polar surface area (TPSA) is 84.5 Å². The van der Waals surface area contributed by atoms with Crippen LogP contribution in [0.5, 0.6) is 0 Å². The number of amides is 1. The van der Waals surface area contributed by atoms with Gasteiger partial charge >= 0.3 is 0 Å². The molecule has 3 rings (SSSR count). The molecule has 2 aromatic rings. The molecule has 0 saturated carbocycles. The summed E-state index contributed by atoms with van der Waals surface area (Å²) >= 11 is 0. The predicted molar refractivity (Wildman–Crippen MR) is 198 cm³/mol. The van der Waals surface area contributed by atoms with Gasteiger partial charge in [-0.2, -0.15) is 0 Å². The fourth-order valence-corrected chi connectivity index (χ4v) is 11.3. The van der Waals surface area contributed by atoms with Gasteiger partial charge in [-0.1, -0.05) is 101 Å². The molecule has 8 nitrogen and oxygen atoms in total. The van der Waals surface area contributed by atoms with Crippen molar-refractivity contribution >= 4 is 24.6 Å². The zero-order valence-electron chi connectivity index (χ0n) is 31.2. The molecule has 0 spiro atoms. The lowest BCUT2D eigenvalue weighted by Crippen LogP contribution is -2.68. The standard InChI is InChI=1S/C40H59NO7Si/c1-10-12-20-31(29-43-8)25-26-35-37(47-40(6,7)46-35)27-32(45-30-44-9)28-41-38(42)36(19-11-2)48-49(39(3,4)5,33-21-15-13-16-22-33)34-23-17-14-18-24-34/h13-18,20-24,32,35-37H,11,19,25-30H2,1-9H3,(H,41,42)/b31-20-/t32-,35+,36-,37-/m0/s1. The van der Waals surface area contributed by atoms with Crippen LogP contribution >= 0.6 is 0 Å². The van der Waals surface area contributed by atoms with E-state index in [1.807, 2.05) is 39.0 Å². The summed E-state index contributed by atoms with van der Waals surface area (Å²) in [6.45, 7) is 15.3. The molecular formula is C40H59NO7Si. The summed E-state index contributed by atoms with van der Waals surface area (Å²) < 4.78 is 36.8. The lowest BCUT2D eigenvalue weighted by molar-refractivity contribution is -0.152. The van der Waals surface area contributed by atoms with E-state index >= 15 is 0 Å². The fourth-order valence-electron chi connectivity index (χ4n) is 6.60. The number of carbonyl (C=O) groups is 1. The van der Waals surface area contributed by atoms with Crippen LogP contribution in [0.1, 0.15) is 80.6 Å². The highest BCUT2D eigenvalue weighted by molar-refractivity contribution is 6.99. The molecule has 1 saturated heterocycles. The smallest absolute Gasteiger partial charge is 0.262 e. The molecule has 1 aliphatic rings. The van der Waals surface area contributed by atoms with Crippen LogP contribution < -0.4 is 15.7 Å². The number of allylic oxidation sites excluding steroid dienone is 1. The maximum atomic E-state index is 14.1. The Labute approximate surface area is 296 Å². The summed E-state index contributed by atoms with van der Waals surface area (Å²) in [6.07, 6.45) is 3.91. The minimum atomic E-state index is -2.95. The molecule has 1 N–H and O–H groups in total. The average Bonchev–Trinajstić information content (AvgIpc) is 3.37. The SMILES string of the molecule is CC#C/C=C(/CC[C@H]1OC(C)(C)O[C@H]1C[C@@H](CNC(=O)[C@H](CCC)O[Si](c1ccccc1)(c1ccccc1)C(C)(C)C)OCOC)COC. The molecular weight excluding hydrogens is 635 g/mol. The van der Waals surface area contributed by atoms with E-state index < -0.39 is 20.2 Å². The Morgan fingerprint density at radius 1 is 1.00 bits per heavy atom. The normalized spacial score (nSPS) is 19.2. The number of carbonyl (C=O) groups excluding carboxylic acids is 1. The van der Waals surface area contributed by atoms with Gasteiger partial charge in [-0.05, 0) is 67.1 Å². The van der Waals surface area contributed by atoms with Crippen molar-refractivity contribution in [2.45, 2.75) is 116 Å². The van der Waals surface area contributed by atoms with E-state index in [1.165, 1.54) is 0 Å². The maximum Gasteiger partial charge on any atom is 0.262 e. The first-order chi connectivity index (χ1) is 23.4. The molecule has 9 heteroatoms. The highest BCUT2D eigenvalue weighted by atomic mass is 28.4. The lowest BCUT2D eigenvalue weighted by Gasteiger charge is -2.45. The molecule has 0 aromatic heterocycles. The third-order valence-corrected chi connectivity index (χ3v) is 13.8. The number of benzene rings is 2. The van der Waals surface area contributed by atoms with Crippen LogP contribution in [0.25, 0.3) is 0 Å². The van der Waals surface area contributed by atoms with Crippen molar-refractivity contribution in [3.05, 3.63) is 72.3 Å². The quantitative estimate of drug-likeness (QED) is 0.108. The van der Waals surface area contributed by atoms with Gasteiger partial charge in [0.15, 0.2) is 5.79 Å². The molecule has 0 aliphatic carbocycles. The first-order valence-corrected chi connectivity index (χ1v) is 19.4. The molecule has 2 aromatic carbocycles. The molecule has 1 heterocycles. The van der Waals surface area contributed by atoms with Crippen molar-refractivity contribution < 1.29 is 32.9 Å². The van der Waals surface area contributed by atoms with Crippen LogP contribution in [0.2, 0.25) is 5.04 Å². The molecule has 4 atom stereocenters. The number of hydrogen-bond donors (Lipinski definition) is 1. The summed E-state index contributed by atoms with van der Waals surface area (Å²) in [5, 5.41) is 5.22. The Morgan fingerprint density at radius 2 is 1.61 bits per heavy atom. The maximum absolute atomic E-state index is 14.1. The van der Waals surface area contributed by atoms with Gasteiger partial charge in [-0.15, -0.1) is 5.92 Å². The van der Waals surface area contributed by atoms with Gasteiger partial charge in [0, 0.05) is 27.2 Å². The summed E-state index contributed by atoms with van der Waals surface area (Å²) in [5.74, 6) is 5.06. The third-order valence-electron chi connectivity index (χ3n) is 8.79. The molecule has 0 bridgehead atoms. The molecule has 1 fully saturated rings. The Hall–Kier alpha value is -2.81. The number of nitrogens with one attached hydrogen (secondary N) is 1. The van der Waals surface area contributed by atoms with Crippen LogP contribution in [0.4, 0.5) is 0 Å². The molecule has 270 valence electrons. The van der Waals surface area contributed by atoms with Gasteiger partial charge in [0.25, 0.3) is 8.32 Å². The second-order valence-corrected chi connectivity index (χ2v) is 18.4. The highest BCUT2D eigenvalue weighted by Gasteiger charge is 2.52. The van der Waals surface area contributed by atoms with E-state index in [0.717, 1.165) is 35.2 Å². The average molecular weight is 694 g/mol. The molecule has 49 heavy (non-hydrogen) atoms. The second kappa shape index (κ2) is 19.5. The van der Waals surface area contributed by atoms with Crippen molar-refractivity contribution in [2.75, 3.05) is 34.2 Å². The zero-order valence-corrected chi connectivity index (χ0v) is 32.2. The van der Waals surface area contributed by atoms with Crippen LogP contribution in [-0.4, -0.2) is 78.6 Å². The summed E-state index contributed by atoms with van der Waals surface area (Å²) in [6, 6.07) is 20.8. The zero-order chi connectivity index (χ0) is 35.9. The molecule has 1 aliphatic heterocycles. The van der Waals surface area contributed by atoms with Gasteiger partial charge in [0.05, 0.1) is 24.9 Å². The Balaban J connectivity index is 1.82. The number of rotatable bonds is 19. The fraction of sp³-hybridized carbons (Fsp3) is 0.575. The van der Waals surface area contributed by atoms with Gasteiger partial charge in [0.1, 0.15) is 12.9 Å². The molecule has 0 radical (unpaired) electrons. The van der Waals surface area contributed by atoms with Crippen molar-refractivity contribution in [2.24, 2.45) is 0 Å². The van der Waals surface area contributed by atoms with E-state index in [4.69, 9.17) is 28.1 Å². The van der Waals surface area contributed by atoms with Crippen molar-refractivity contribution in [3.8, 4) is 11.8 Å². The highest BCUT2D eigenvalue weighted by Crippen LogP contribution is 2.38.